The Morgan fingerprint density at radius 1 is 1.25 bits per heavy atom. The molecule has 0 fully saturated rings. The van der Waals surface area contributed by atoms with Gasteiger partial charge in [0.25, 0.3) is 5.91 Å². The molecule has 0 spiro atoms. The molecular weight excluding hydrogens is 294 g/mol. The number of ether oxygens (including phenoxy) is 1. The minimum Gasteiger partial charge on any atom is -0.496 e. The van der Waals surface area contributed by atoms with E-state index < -0.39 is 0 Å². The van der Waals surface area contributed by atoms with E-state index in [1.165, 1.54) is 0 Å². The number of aryl methyl sites for hydroxylation is 1. The van der Waals surface area contributed by atoms with E-state index in [4.69, 9.17) is 16.3 Å². The summed E-state index contributed by atoms with van der Waals surface area (Å²) in [5.41, 5.74) is 2.03. The van der Waals surface area contributed by atoms with E-state index in [9.17, 15) is 4.79 Å². The Morgan fingerprint density at radius 3 is 2.65 bits per heavy atom. The van der Waals surface area contributed by atoms with Crippen molar-refractivity contribution in [3.8, 4) is 5.75 Å². The summed E-state index contributed by atoms with van der Waals surface area (Å²) in [7, 11) is 1.61. The fourth-order valence-corrected chi connectivity index (χ4v) is 2.25. The van der Waals surface area contributed by atoms with Crippen LogP contribution in [0.15, 0.2) is 41.3 Å². The number of carbonyl (C=O) groups is 1. The van der Waals surface area contributed by atoms with Crippen molar-refractivity contribution in [1.29, 1.82) is 0 Å². The van der Waals surface area contributed by atoms with Crippen LogP contribution in [0.5, 0.6) is 5.75 Å². The minimum atomic E-state index is -0.268. The fraction of sp³-hybridized carbons (Fsp3) is 0.133. The first kappa shape index (κ1) is 14.8. The summed E-state index contributed by atoms with van der Waals surface area (Å²) in [6, 6.07) is 10.5. The van der Waals surface area contributed by atoms with Crippen LogP contribution in [0, 0.1) is 6.92 Å². The van der Waals surface area contributed by atoms with Gasteiger partial charge in [-0.15, -0.1) is 12.6 Å². The number of methoxy groups -OCH3 is 1. The van der Waals surface area contributed by atoms with E-state index in [1.807, 2.05) is 19.1 Å². The van der Waals surface area contributed by atoms with Crippen molar-refractivity contribution in [2.75, 3.05) is 12.4 Å². The lowest BCUT2D eigenvalue weighted by Crippen LogP contribution is -2.12. The van der Waals surface area contributed by atoms with Gasteiger partial charge < -0.3 is 10.1 Å². The molecule has 0 unspecified atom stereocenters. The normalized spacial score (nSPS) is 10.2. The summed E-state index contributed by atoms with van der Waals surface area (Å²) in [4.78, 5) is 12.9. The van der Waals surface area contributed by atoms with Crippen LogP contribution in [-0.4, -0.2) is 13.0 Å². The molecule has 0 atom stereocenters. The van der Waals surface area contributed by atoms with E-state index in [-0.39, 0.29) is 5.91 Å². The van der Waals surface area contributed by atoms with Gasteiger partial charge in [-0.2, -0.15) is 0 Å². The van der Waals surface area contributed by atoms with Gasteiger partial charge in [0.1, 0.15) is 5.75 Å². The molecule has 0 aliphatic carbocycles. The van der Waals surface area contributed by atoms with Crippen molar-refractivity contribution < 1.29 is 9.53 Å². The first-order chi connectivity index (χ1) is 9.51. The van der Waals surface area contributed by atoms with Crippen molar-refractivity contribution in [2.45, 2.75) is 11.8 Å². The Morgan fingerprint density at radius 2 is 2.00 bits per heavy atom. The van der Waals surface area contributed by atoms with Gasteiger partial charge in [0.15, 0.2) is 0 Å². The van der Waals surface area contributed by atoms with E-state index in [2.05, 4.69) is 17.9 Å². The van der Waals surface area contributed by atoms with Gasteiger partial charge in [-0.05, 0) is 48.9 Å². The summed E-state index contributed by atoms with van der Waals surface area (Å²) < 4.78 is 5.18. The van der Waals surface area contributed by atoms with E-state index in [0.29, 0.717) is 21.2 Å². The minimum absolute atomic E-state index is 0.268. The van der Waals surface area contributed by atoms with Crippen LogP contribution in [0.3, 0.4) is 0 Å². The third kappa shape index (κ3) is 3.26. The van der Waals surface area contributed by atoms with Crippen molar-refractivity contribution in [3.05, 3.63) is 52.5 Å². The highest BCUT2D eigenvalue weighted by atomic mass is 35.5. The number of nitrogens with one attached hydrogen (secondary N) is 1. The second-order valence-corrected chi connectivity index (χ2v) is 5.23. The second kappa shape index (κ2) is 6.20. The molecule has 5 heteroatoms. The molecular formula is C15H14ClNO2S. The SMILES string of the molecule is COc1ccc(NC(=O)c2cc(S)ccc2Cl)cc1C. The number of thiol groups is 1. The van der Waals surface area contributed by atoms with Crippen LogP contribution >= 0.6 is 24.2 Å². The average Bonchev–Trinajstić information content (AvgIpc) is 2.41. The predicted molar refractivity (Wildman–Crippen MR) is 84.4 cm³/mol. The molecule has 2 rings (SSSR count). The monoisotopic (exact) mass is 307 g/mol. The van der Waals surface area contributed by atoms with E-state index in [0.717, 1.165) is 11.3 Å². The Labute approximate surface area is 128 Å². The fourth-order valence-electron chi connectivity index (χ4n) is 1.84. The Kier molecular flexibility index (Phi) is 4.57. The zero-order valence-electron chi connectivity index (χ0n) is 11.1. The van der Waals surface area contributed by atoms with Crippen LogP contribution in [0.4, 0.5) is 5.69 Å². The smallest absolute Gasteiger partial charge is 0.257 e. The summed E-state index contributed by atoms with van der Waals surface area (Å²) in [5, 5.41) is 3.20. The lowest BCUT2D eigenvalue weighted by Gasteiger charge is -2.10. The molecule has 0 aromatic heterocycles. The van der Waals surface area contributed by atoms with Crippen LogP contribution < -0.4 is 10.1 Å². The maximum atomic E-state index is 12.2. The van der Waals surface area contributed by atoms with Gasteiger partial charge in [0, 0.05) is 10.6 Å². The second-order valence-electron chi connectivity index (χ2n) is 4.30. The molecule has 0 bridgehead atoms. The quantitative estimate of drug-likeness (QED) is 0.834. The molecule has 0 aliphatic heterocycles. The molecule has 20 heavy (non-hydrogen) atoms. The van der Waals surface area contributed by atoms with E-state index >= 15 is 0 Å². The van der Waals surface area contributed by atoms with Gasteiger partial charge in [0.05, 0.1) is 17.7 Å². The standard InChI is InChI=1S/C15H14ClNO2S/c1-9-7-10(3-6-14(9)19-2)17-15(18)12-8-11(20)4-5-13(12)16/h3-8,20H,1-2H3,(H,17,18). The number of carbonyl (C=O) groups excluding carboxylic acids is 1. The van der Waals surface area contributed by atoms with Crippen LogP contribution in [0.2, 0.25) is 5.02 Å². The van der Waals surface area contributed by atoms with Gasteiger partial charge in [-0.25, -0.2) is 0 Å². The van der Waals surface area contributed by atoms with Gasteiger partial charge in [0.2, 0.25) is 0 Å². The van der Waals surface area contributed by atoms with Crippen molar-refractivity contribution in [2.24, 2.45) is 0 Å². The molecule has 0 heterocycles. The number of hydrogen-bond donors (Lipinski definition) is 2. The molecule has 2 aromatic carbocycles. The van der Waals surface area contributed by atoms with Gasteiger partial charge in [-0.3, -0.25) is 4.79 Å². The zero-order valence-corrected chi connectivity index (χ0v) is 12.8. The van der Waals surface area contributed by atoms with Crippen LogP contribution in [0.25, 0.3) is 0 Å². The molecule has 0 aliphatic rings. The number of rotatable bonds is 3. The van der Waals surface area contributed by atoms with Crippen LogP contribution in [-0.2, 0) is 0 Å². The highest BCUT2D eigenvalue weighted by Gasteiger charge is 2.11. The Balaban J connectivity index is 2.23. The highest BCUT2D eigenvalue weighted by Crippen LogP contribution is 2.24. The first-order valence-electron chi connectivity index (χ1n) is 5.96. The Bertz CT molecular complexity index is 658. The topological polar surface area (TPSA) is 38.3 Å². The summed E-state index contributed by atoms with van der Waals surface area (Å²) in [5.74, 6) is 0.508. The molecule has 0 saturated carbocycles. The number of halogens is 1. The lowest BCUT2D eigenvalue weighted by atomic mass is 10.1. The molecule has 0 radical (unpaired) electrons. The third-order valence-electron chi connectivity index (χ3n) is 2.85. The molecule has 104 valence electrons. The molecule has 3 nitrogen and oxygen atoms in total. The van der Waals surface area contributed by atoms with Crippen molar-refractivity contribution >= 4 is 35.8 Å². The van der Waals surface area contributed by atoms with Crippen LogP contribution in [0.1, 0.15) is 15.9 Å². The largest absolute Gasteiger partial charge is 0.496 e. The Hall–Kier alpha value is -1.65. The average molecular weight is 308 g/mol. The molecule has 0 saturated heterocycles. The van der Waals surface area contributed by atoms with Crippen molar-refractivity contribution in [1.82, 2.24) is 0 Å². The maximum Gasteiger partial charge on any atom is 0.257 e. The first-order valence-corrected chi connectivity index (χ1v) is 6.78. The summed E-state index contributed by atoms with van der Waals surface area (Å²) >= 11 is 10.2. The number of hydrogen-bond acceptors (Lipinski definition) is 3. The molecule has 1 N–H and O–H groups in total. The molecule has 2 aromatic rings. The third-order valence-corrected chi connectivity index (χ3v) is 3.46. The maximum absolute atomic E-state index is 12.2. The van der Waals surface area contributed by atoms with Gasteiger partial charge in [-0.1, -0.05) is 11.6 Å². The van der Waals surface area contributed by atoms with Crippen molar-refractivity contribution in [3.63, 3.8) is 0 Å². The zero-order chi connectivity index (χ0) is 14.7. The lowest BCUT2D eigenvalue weighted by molar-refractivity contribution is 0.102. The van der Waals surface area contributed by atoms with E-state index in [1.54, 1.807) is 31.4 Å². The number of amides is 1. The molecule has 1 amide bonds. The summed E-state index contributed by atoms with van der Waals surface area (Å²) in [6.07, 6.45) is 0. The highest BCUT2D eigenvalue weighted by molar-refractivity contribution is 7.80. The number of anilines is 1. The summed E-state index contributed by atoms with van der Waals surface area (Å²) in [6.45, 7) is 1.91. The number of benzene rings is 2. The van der Waals surface area contributed by atoms with Gasteiger partial charge >= 0.3 is 0 Å². The predicted octanol–water partition coefficient (Wildman–Crippen LogP) is 4.20.